The SMILES string of the molecule is Cc1cc(Cc2cc(C)c(O)c(Cc3cc(C)c(O)cc3C)c2C)c(C)cc1O.Cc1cc(Cc2cc(C)c(O)c(Cc3ccc(O)c(C)c3)c2C)ccc1O.Cc1cc(Cc2cc(Cc3cc(C)c(O)cc3C)c(O)c(C)c2O)c(C)cc1O.Cc1cc(Cc2cc(Cc3cc(C)c(O)cc3C)cc(C)c2O)ccc1O. The van der Waals surface area contributed by atoms with Crippen LogP contribution in [0.1, 0.15) is 195 Å². The van der Waals surface area contributed by atoms with Gasteiger partial charge >= 0.3 is 0 Å². The molecule has 0 spiro atoms. The molecule has 112 heavy (non-hydrogen) atoms. The molecular formula is C99H110O13. The molecule has 0 saturated carbocycles. The average molecular weight is 1510 g/mol. The Bertz CT molecular complexity index is 5400. The molecule has 13 nitrogen and oxygen atoms in total. The first kappa shape index (κ1) is 84.1. The molecular weight excluding hydrogens is 1400 g/mol. The highest BCUT2D eigenvalue weighted by Gasteiger charge is 2.22. The van der Waals surface area contributed by atoms with Crippen LogP contribution in [0.3, 0.4) is 0 Å². The highest BCUT2D eigenvalue weighted by molar-refractivity contribution is 5.60. The average Bonchev–Trinajstić information content (AvgIpc) is 0.783. The summed E-state index contributed by atoms with van der Waals surface area (Å²) < 4.78 is 0. The van der Waals surface area contributed by atoms with Crippen LogP contribution in [-0.2, 0) is 51.4 Å². The summed E-state index contributed by atoms with van der Waals surface area (Å²) in [6, 6.07) is 45.6. The lowest BCUT2D eigenvalue weighted by Crippen LogP contribution is -2.03. The lowest BCUT2D eigenvalue weighted by molar-refractivity contribution is 0.435. The molecule has 12 aromatic carbocycles. The first-order valence-corrected chi connectivity index (χ1v) is 37.9. The van der Waals surface area contributed by atoms with Gasteiger partial charge in [-0.1, -0.05) is 91.0 Å². The van der Waals surface area contributed by atoms with Crippen LogP contribution in [0.4, 0.5) is 0 Å². The van der Waals surface area contributed by atoms with Crippen molar-refractivity contribution in [3.8, 4) is 74.7 Å². The van der Waals surface area contributed by atoms with Crippen LogP contribution in [0.25, 0.3) is 0 Å². The number of aromatic hydroxyl groups is 13. The number of hydrogen-bond acceptors (Lipinski definition) is 13. The van der Waals surface area contributed by atoms with Crippen molar-refractivity contribution in [1.82, 2.24) is 0 Å². The van der Waals surface area contributed by atoms with Crippen molar-refractivity contribution in [3.05, 3.63) is 340 Å². The van der Waals surface area contributed by atoms with Gasteiger partial charge in [0, 0.05) is 48.8 Å². The van der Waals surface area contributed by atoms with E-state index in [0.717, 1.165) is 186 Å². The Balaban J connectivity index is 0.000000172. The van der Waals surface area contributed by atoms with E-state index in [-0.39, 0.29) is 34.5 Å². The van der Waals surface area contributed by atoms with Gasteiger partial charge in [-0.3, -0.25) is 0 Å². The first-order valence-electron chi connectivity index (χ1n) is 37.9. The van der Waals surface area contributed by atoms with Crippen molar-refractivity contribution in [1.29, 1.82) is 0 Å². The molecule has 584 valence electrons. The summed E-state index contributed by atoms with van der Waals surface area (Å²) in [7, 11) is 0. The monoisotopic (exact) mass is 1510 g/mol. The molecule has 12 aromatic rings. The van der Waals surface area contributed by atoms with Gasteiger partial charge in [0.15, 0.2) is 0 Å². The molecule has 0 unspecified atom stereocenters. The second-order valence-corrected chi connectivity index (χ2v) is 31.1. The van der Waals surface area contributed by atoms with Gasteiger partial charge in [0.05, 0.1) is 0 Å². The zero-order valence-electron chi connectivity index (χ0n) is 68.3. The van der Waals surface area contributed by atoms with E-state index in [4.69, 9.17) is 0 Å². The number of benzene rings is 12. The molecule has 0 amide bonds. The summed E-state index contributed by atoms with van der Waals surface area (Å²) in [4.78, 5) is 0. The third-order valence-corrected chi connectivity index (χ3v) is 22.2. The van der Waals surface area contributed by atoms with Gasteiger partial charge in [0.1, 0.15) is 74.7 Å². The van der Waals surface area contributed by atoms with E-state index in [1.165, 1.54) is 22.3 Å². The summed E-state index contributed by atoms with van der Waals surface area (Å²) in [5.41, 5.74) is 33.3. The molecule has 0 fully saturated rings. The predicted molar refractivity (Wildman–Crippen MR) is 451 cm³/mol. The lowest BCUT2D eigenvalue weighted by Gasteiger charge is -2.18. The zero-order chi connectivity index (χ0) is 82.3. The highest BCUT2D eigenvalue weighted by atomic mass is 16.3. The standard InChI is InChI=1S/C26H30O3.C25H28O4.2C24H26O3/c1-14-10-24(27)16(3)7-20(14)12-22-9-18(5)26(29)23(19(22)6)13-21-8-17(4)25(28)11-15(21)2;1-13-8-22(26)15(3)6-18(13)10-20-12-21(25(29)17(5)24(20)28)11-19-7-16(4)23(27)9-14(19)2;1-14-9-18(5-7-22(14)25)12-20-11-16(3)24(27)21(17(20)4)13-19-6-8-23(26)15(2)10-19;1-14-10-23(26)16(3)9-20(14)12-19-8-17(4)24(27)21(13-19)11-18-5-6-22(25)15(2)7-18/h7-11,27-29H,12-13H2,1-6H3;6-9,12,26-29H,10-11H2,1-5H3;5-11,25-27H,12-13H2,1-4H3;5-10,13,25-27H,11-12H2,1-4H3. The maximum absolute atomic E-state index is 10.8. The fourth-order valence-electron chi connectivity index (χ4n) is 14.7. The van der Waals surface area contributed by atoms with Crippen molar-refractivity contribution >= 4 is 0 Å². The Hall–Kier alpha value is -12.0. The molecule has 0 atom stereocenters. The minimum atomic E-state index is 0.0926. The molecule has 0 aliphatic rings. The van der Waals surface area contributed by atoms with Crippen LogP contribution in [0, 0.1) is 132 Å². The Kier molecular flexibility index (Phi) is 26.6. The third-order valence-electron chi connectivity index (χ3n) is 22.2. The predicted octanol–water partition coefficient (Wildman–Crippen LogP) is 21.5. The summed E-state index contributed by atoms with van der Waals surface area (Å²) in [5, 5.41) is 132. The Morgan fingerprint density at radius 2 is 0.393 bits per heavy atom. The van der Waals surface area contributed by atoms with Gasteiger partial charge in [-0.25, -0.2) is 0 Å². The maximum Gasteiger partial charge on any atom is 0.125 e. The Morgan fingerprint density at radius 3 is 0.741 bits per heavy atom. The van der Waals surface area contributed by atoms with Crippen LogP contribution >= 0.6 is 0 Å². The van der Waals surface area contributed by atoms with Crippen molar-refractivity contribution in [2.45, 2.75) is 183 Å². The molecule has 0 heterocycles. The van der Waals surface area contributed by atoms with Crippen LogP contribution in [0.2, 0.25) is 0 Å². The van der Waals surface area contributed by atoms with E-state index >= 15 is 0 Å². The number of hydrogen-bond donors (Lipinski definition) is 13. The van der Waals surface area contributed by atoms with Crippen LogP contribution < -0.4 is 0 Å². The Labute approximate surface area is 660 Å². The van der Waals surface area contributed by atoms with Gasteiger partial charge in [0.25, 0.3) is 0 Å². The number of phenols is 13. The number of phenolic OH excluding ortho intramolecular Hbond substituents is 13. The molecule has 0 aliphatic heterocycles. The number of rotatable bonds is 16. The van der Waals surface area contributed by atoms with E-state index in [9.17, 15) is 66.4 Å². The lowest BCUT2D eigenvalue weighted by atomic mass is 9.88. The molecule has 13 heteroatoms. The molecule has 0 saturated heterocycles. The number of aryl methyl sites for hydroxylation is 16. The van der Waals surface area contributed by atoms with Crippen molar-refractivity contribution in [2.75, 3.05) is 0 Å². The smallest absolute Gasteiger partial charge is 0.125 e. The van der Waals surface area contributed by atoms with Crippen molar-refractivity contribution in [3.63, 3.8) is 0 Å². The molecule has 12 rings (SSSR count). The van der Waals surface area contributed by atoms with E-state index in [0.29, 0.717) is 77.9 Å². The molecule has 0 aliphatic carbocycles. The minimum Gasteiger partial charge on any atom is -0.508 e. The normalized spacial score (nSPS) is 11.0. The molecule has 0 radical (unpaired) electrons. The second-order valence-electron chi connectivity index (χ2n) is 31.1. The van der Waals surface area contributed by atoms with Crippen LogP contribution in [-0.4, -0.2) is 66.4 Å². The van der Waals surface area contributed by atoms with E-state index in [1.807, 2.05) is 215 Å². The molecule has 13 N–H and O–H groups in total. The maximum atomic E-state index is 10.8. The van der Waals surface area contributed by atoms with E-state index in [2.05, 4.69) is 13.0 Å². The van der Waals surface area contributed by atoms with Gasteiger partial charge < -0.3 is 66.4 Å². The highest BCUT2D eigenvalue weighted by Crippen LogP contribution is 2.41. The topological polar surface area (TPSA) is 263 Å². The van der Waals surface area contributed by atoms with Crippen LogP contribution in [0.5, 0.6) is 74.7 Å². The summed E-state index contributed by atoms with van der Waals surface area (Å²) in [5.74, 6) is 3.53. The third kappa shape index (κ3) is 20.0. The molecule has 0 bridgehead atoms. The van der Waals surface area contributed by atoms with Gasteiger partial charge in [-0.05, 0) is 383 Å². The second kappa shape index (κ2) is 35.4. The summed E-state index contributed by atoms with van der Waals surface area (Å²) in [6.07, 6.45) is 5.08. The van der Waals surface area contributed by atoms with Gasteiger partial charge in [0.2, 0.25) is 0 Å². The summed E-state index contributed by atoms with van der Waals surface area (Å²) >= 11 is 0. The quantitative estimate of drug-likeness (QED) is 0.0430. The van der Waals surface area contributed by atoms with Crippen molar-refractivity contribution in [2.24, 2.45) is 0 Å². The summed E-state index contributed by atoms with van der Waals surface area (Å²) in [6.45, 7) is 36.5. The minimum absolute atomic E-state index is 0.0926. The van der Waals surface area contributed by atoms with E-state index in [1.54, 1.807) is 49.4 Å². The van der Waals surface area contributed by atoms with Gasteiger partial charge in [-0.2, -0.15) is 0 Å². The van der Waals surface area contributed by atoms with Crippen LogP contribution in [0.15, 0.2) is 146 Å². The largest absolute Gasteiger partial charge is 0.508 e. The van der Waals surface area contributed by atoms with Gasteiger partial charge in [-0.15, -0.1) is 0 Å². The van der Waals surface area contributed by atoms with Crippen molar-refractivity contribution < 1.29 is 66.4 Å². The fourth-order valence-corrected chi connectivity index (χ4v) is 14.7. The van der Waals surface area contributed by atoms with E-state index < -0.39 is 0 Å². The molecule has 0 aromatic heterocycles. The fraction of sp³-hybridized carbons (Fsp3) is 0.273. The zero-order valence-corrected chi connectivity index (χ0v) is 68.3. The Morgan fingerprint density at radius 1 is 0.152 bits per heavy atom. The first-order chi connectivity index (χ1) is 52.7.